The number of para-hydroxylation sites is 1. The normalized spacial score (nSPS) is 8.75. The maximum Gasteiger partial charge on any atom is 0.161 e. The minimum Gasteiger partial charge on any atom is -0.493 e. The fourth-order valence-electron chi connectivity index (χ4n) is 0.959. The average molecular weight is 163 g/mol. The molecule has 0 fully saturated rings. The van der Waals surface area contributed by atoms with Gasteiger partial charge in [-0.2, -0.15) is 5.26 Å². The number of anilines is 1. The van der Waals surface area contributed by atoms with Gasteiger partial charge >= 0.3 is 0 Å². The van der Waals surface area contributed by atoms with E-state index in [4.69, 9.17) is 15.8 Å². The van der Waals surface area contributed by atoms with Crippen molar-refractivity contribution in [3.8, 4) is 11.8 Å². The third-order valence-corrected chi connectivity index (χ3v) is 1.50. The first-order chi connectivity index (χ1) is 5.83. The van der Waals surface area contributed by atoms with E-state index in [0.29, 0.717) is 17.0 Å². The summed E-state index contributed by atoms with van der Waals surface area (Å²) < 4.78 is 4.99. The lowest BCUT2D eigenvalue weighted by atomic mass is 10.2. The number of nitrogens with one attached hydrogen (secondary N) is 1. The molecule has 0 saturated carbocycles. The van der Waals surface area contributed by atoms with Crippen molar-refractivity contribution in [2.45, 2.75) is 0 Å². The van der Waals surface area contributed by atoms with Gasteiger partial charge in [0.1, 0.15) is 6.07 Å². The lowest BCUT2D eigenvalue weighted by molar-refractivity contribution is 0.415. The van der Waals surface area contributed by atoms with Crippen molar-refractivity contribution in [1.82, 2.24) is 0 Å². The Labute approximate surface area is 70.5 Å². The number of methoxy groups -OCH3 is 1. The van der Waals surface area contributed by atoms with Crippen LogP contribution in [0.5, 0.6) is 5.75 Å². The highest BCUT2D eigenvalue weighted by molar-refractivity contribution is 5.62. The molecule has 0 aliphatic carbocycles. The zero-order chi connectivity index (χ0) is 8.97. The smallest absolute Gasteiger partial charge is 0.161 e. The van der Waals surface area contributed by atoms with E-state index in [1.807, 2.05) is 6.07 Å². The largest absolute Gasteiger partial charge is 0.493 e. The van der Waals surface area contributed by atoms with Gasteiger partial charge in [0, 0.05) is 0 Å². The number of ether oxygens (including phenoxy) is 1. The highest BCUT2D eigenvalue weighted by Gasteiger charge is 2.05. The maximum atomic E-state index is 8.67. The summed E-state index contributed by atoms with van der Waals surface area (Å²) in [5.74, 6) is 5.68. The van der Waals surface area contributed by atoms with E-state index in [2.05, 4.69) is 5.43 Å². The quantitative estimate of drug-likeness (QED) is 0.501. The Balaban J connectivity index is 3.24. The number of nitrogens with two attached hydrogens (primary N) is 1. The Bertz CT molecular complexity index is 317. The van der Waals surface area contributed by atoms with Crippen LogP contribution in [0.2, 0.25) is 0 Å². The van der Waals surface area contributed by atoms with Gasteiger partial charge in [-0.3, -0.25) is 5.84 Å². The van der Waals surface area contributed by atoms with Crippen LogP contribution in [0.4, 0.5) is 5.69 Å². The molecule has 0 atom stereocenters. The fraction of sp³-hybridized carbons (Fsp3) is 0.125. The van der Waals surface area contributed by atoms with Gasteiger partial charge in [0.05, 0.1) is 18.4 Å². The fourth-order valence-corrected chi connectivity index (χ4v) is 0.959. The van der Waals surface area contributed by atoms with Crippen molar-refractivity contribution < 1.29 is 4.74 Å². The molecule has 0 amide bonds. The molecule has 0 unspecified atom stereocenters. The predicted molar refractivity (Wildman–Crippen MR) is 45.5 cm³/mol. The molecule has 62 valence electrons. The van der Waals surface area contributed by atoms with Gasteiger partial charge in [0.25, 0.3) is 0 Å². The highest BCUT2D eigenvalue weighted by Crippen LogP contribution is 2.26. The highest BCUT2D eigenvalue weighted by atomic mass is 16.5. The van der Waals surface area contributed by atoms with E-state index in [9.17, 15) is 0 Å². The summed E-state index contributed by atoms with van der Waals surface area (Å²) in [6.45, 7) is 0. The topological polar surface area (TPSA) is 71.1 Å². The number of nitrogens with zero attached hydrogens (tertiary/aromatic N) is 1. The minimum absolute atomic E-state index is 0.466. The first kappa shape index (κ1) is 8.37. The molecular weight excluding hydrogens is 154 g/mol. The van der Waals surface area contributed by atoms with Crippen molar-refractivity contribution in [2.75, 3.05) is 12.5 Å². The van der Waals surface area contributed by atoms with Crippen LogP contribution in [-0.4, -0.2) is 7.11 Å². The van der Waals surface area contributed by atoms with Crippen LogP contribution in [0.1, 0.15) is 5.56 Å². The first-order valence-corrected chi connectivity index (χ1v) is 3.37. The summed E-state index contributed by atoms with van der Waals surface area (Å²) >= 11 is 0. The van der Waals surface area contributed by atoms with Crippen molar-refractivity contribution in [1.29, 1.82) is 5.26 Å². The lowest BCUT2D eigenvalue weighted by Crippen LogP contribution is -2.08. The lowest BCUT2D eigenvalue weighted by Gasteiger charge is -2.07. The second-order valence-electron chi connectivity index (χ2n) is 2.14. The number of hydrogen-bond acceptors (Lipinski definition) is 4. The molecule has 0 aromatic heterocycles. The van der Waals surface area contributed by atoms with Crippen LogP contribution in [0, 0.1) is 11.3 Å². The molecule has 0 heterocycles. The van der Waals surface area contributed by atoms with Gasteiger partial charge < -0.3 is 10.2 Å². The Morgan fingerprint density at radius 1 is 1.58 bits per heavy atom. The van der Waals surface area contributed by atoms with Crippen LogP contribution in [0.3, 0.4) is 0 Å². The van der Waals surface area contributed by atoms with E-state index in [0.717, 1.165) is 0 Å². The molecular formula is C8H9N3O. The number of hydrazine groups is 1. The third-order valence-electron chi connectivity index (χ3n) is 1.50. The standard InChI is InChI=1S/C8H9N3O/c1-12-8-6(5-9)3-2-4-7(8)11-10/h2-4,11H,10H2,1H3. The van der Waals surface area contributed by atoms with Gasteiger partial charge in [-0.25, -0.2) is 0 Å². The molecule has 0 aliphatic heterocycles. The molecule has 4 nitrogen and oxygen atoms in total. The molecule has 4 heteroatoms. The molecule has 12 heavy (non-hydrogen) atoms. The second kappa shape index (κ2) is 3.60. The van der Waals surface area contributed by atoms with Crippen molar-refractivity contribution in [3.05, 3.63) is 23.8 Å². The molecule has 1 aromatic carbocycles. The molecule has 1 rings (SSSR count). The monoisotopic (exact) mass is 163 g/mol. The molecule has 0 bridgehead atoms. The molecule has 1 aromatic rings. The van der Waals surface area contributed by atoms with Gasteiger partial charge in [0.15, 0.2) is 5.75 Å². The Kier molecular flexibility index (Phi) is 2.51. The van der Waals surface area contributed by atoms with Crippen LogP contribution in [0.25, 0.3) is 0 Å². The van der Waals surface area contributed by atoms with Crippen LogP contribution in [0.15, 0.2) is 18.2 Å². The summed E-state index contributed by atoms with van der Waals surface area (Å²) in [6.07, 6.45) is 0. The number of hydrogen-bond donors (Lipinski definition) is 2. The summed E-state index contributed by atoms with van der Waals surface area (Å²) in [5, 5.41) is 8.67. The van der Waals surface area contributed by atoms with E-state index in [1.165, 1.54) is 7.11 Å². The Morgan fingerprint density at radius 3 is 2.83 bits per heavy atom. The Morgan fingerprint density at radius 2 is 2.33 bits per heavy atom. The number of rotatable bonds is 2. The number of nitriles is 1. The Hall–Kier alpha value is -1.73. The molecule has 0 radical (unpaired) electrons. The number of benzene rings is 1. The maximum absolute atomic E-state index is 8.67. The minimum atomic E-state index is 0.466. The van der Waals surface area contributed by atoms with Gasteiger partial charge in [-0.05, 0) is 12.1 Å². The van der Waals surface area contributed by atoms with Crippen molar-refractivity contribution >= 4 is 5.69 Å². The summed E-state index contributed by atoms with van der Waals surface area (Å²) in [7, 11) is 1.50. The van der Waals surface area contributed by atoms with Crippen LogP contribution >= 0.6 is 0 Å². The third kappa shape index (κ3) is 1.31. The molecule has 0 aliphatic rings. The van der Waals surface area contributed by atoms with E-state index in [-0.39, 0.29) is 0 Å². The van der Waals surface area contributed by atoms with Crippen molar-refractivity contribution in [2.24, 2.45) is 5.84 Å². The van der Waals surface area contributed by atoms with Crippen LogP contribution in [-0.2, 0) is 0 Å². The zero-order valence-electron chi connectivity index (χ0n) is 6.66. The predicted octanol–water partition coefficient (Wildman–Crippen LogP) is 0.852. The average Bonchev–Trinajstić information content (AvgIpc) is 2.16. The molecule has 3 N–H and O–H groups in total. The zero-order valence-corrected chi connectivity index (χ0v) is 6.66. The number of nitrogen functional groups attached to an aromatic ring is 1. The summed E-state index contributed by atoms with van der Waals surface area (Å²) in [5.41, 5.74) is 3.52. The first-order valence-electron chi connectivity index (χ1n) is 3.37. The van der Waals surface area contributed by atoms with Gasteiger partial charge in [-0.15, -0.1) is 0 Å². The van der Waals surface area contributed by atoms with E-state index in [1.54, 1.807) is 18.2 Å². The SMILES string of the molecule is COc1c(C#N)cccc1NN. The van der Waals surface area contributed by atoms with Crippen LogP contribution < -0.4 is 16.0 Å². The molecule has 0 spiro atoms. The summed E-state index contributed by atoms with van der Waals surface area (Å²) in [4.78, 5) is 0. The van der Waals surface area contributed by atoms with Gasteiger partial charge in [-0.1, -0.05) is 6.07 Å². The molecule has 0 saturated heterocycles. The van der Waals surface area contributed by atoms with E-state index < -0.39 is 0 Å². The van der Waals surface area contributed by atoms with Gasteiger partial charge in [0.2, 0.25) is 0 Å². The van der Waals surface area contributed by atoms with Crippen molar-refractivity contribution in [3.63, 3.8) is 0 Å². The second-order valence-corrected chi connectivity index (χ2v) is 2.14. The summed E-state index contributed by atoms with van der Waals surface area (Å²) in [6, 6.07) is 7.14. The van der Waals surface area contributed by atoms with E-state index >= 15 is 0 Å².